The van der Waals surface area contributed by atoms with Crippen molar-refractivity contribution in [3.63, 3.8) is 0 Å². The van der Waals surface area contributed by atoms with Crippen LogP contribution in [-0.2, 0) is 9.59 Å². The summed E-state index contributed by atoms with van der Waals surface area (Å²) >= 11 is 0. The Labute approximate surface area is 188 Å². The van der Waals surface area contributed by atoms with Gasteiger partial charge in [-0.2, -0.15) is 0 Å². The summed E-state index contributed by atoms with van der Waals surface area (Å²) < 4.78 is 11.2. The number of carbonyl (C=O) groups is 2. The first-order chi connectivity index (χ1) is 15.4. The van der Waals surface area contributed by atoms with Crippen LogP contribution < -0.4 is 19.7 Å². The molecule has 0 spiro atoms. The van der Waals surface area contributed by atoms with Crippen LogP contribution in [0.5, 0.6) is 11.8 Å². The molecule has 1 saturated carbocycles. The van der Waals surface area contributed by atoms with Gasteiger partial charge in [-0.05, 0) is 62.8 Å². The maximum atomic E-state index is 12.9. The lowest BCUT2D eigenvalue weighted by Gasteiger charge is -2.30. The fraction of sp³-hybridized carbons (Fsp3) is 0.500. The number of hydrogen-bond acceptors (Lipinski definition) is 6. The van der Waals surface area contributed by atoms with Crippen LogP contribution in [0.1, 0.15) is 43.2 Å². The lowest BCUT2D eigenvalue weighted by molar-refractivity contribution is -0.127. The Morgan fingerprint density at radius 2 is 1.78 bits per heavy atom. The molecule has 0 radical (unpaired) electrons. The molecule has 8 heteroatoms. The Bertz CT molecular complexity index is 988. The third kappa shape index (κ3) is 4.84. The van der Waals surface area contributed by atoms with Crippen molar-refractivity contribution in [2.45, 2.75) is 58.1 Å². The van der Waals surface area contributed by atoms with Gasteiger partial charge in [-0.1, -0.05) is 6.07 Å². The highest BCUT2D eigenvalue weighted by molar-refractivity contribution is 6.00. The van der Waals surface area contributed by atoms with E-state index in [1.54, 1.807) is 17.3 Å². The number of aryl methyl sites for hydroxylation is 2. The van der Waals surface area contributed by atoms with Crippen LogP contribution in [-0.4, -0.2) is 47.6 Å². The minimum atomic E-state index is -0.318. The Hall–Kier alpha value is -3.16. The number of aromatic nitrogens is 2. The fourth-order valence-electron chi connectivity index (χ4n) is 4.36. The smallest absolute Gasteiger partial charge is 0.278 e. The SMILES string of the molecule is COc1nccnc1OC1CCC(NC(=O)C2CC(=O)N(c3ccc(C)c(C)c3)C2)CC1. The molecule has 1 aliphatic carbocycles. The largest absolute Gasteiger partial charge is 0.477 e. The molecular formula is C24H30N4O4. The van der Waals surface area contributed by atoms with Crippen LogP contribution >= 0.6 is 0 Å². The van der Waals surface area contributed by atoms with E-state index in [1.807, 2.05) is 32.0 Å². The fourth-order valence-corrected chi connectivity index (χ4v) is 4.36. The zero-order chi connectivity index (χ0) is 22.7. The molecule has 2 amide bonds. The summed E-state index contributed by atoms with van der Waals surface area (Å²) in [7, 11) is 1.54. The van der Waals surface area contributed by atoms with Crippen molar-refractivity contribution < 1.29 is 19.1 Å². The lowest BCUT2D eigenvalue weighted by atomic mass is 9.92. The number of anilines is 1. The van der Waals surface area contributed by atoms with E-state index in [9.17, 15) is 9.59 Å². The van der Waals surface area contributed by atoms with Crippen LogP contribution in [0.25, 0.3) is 0 Å². The van der Waals surface area contributed by atoms with E-state index in [4.69, 9.17) is 9.47 Å². The third-order valence-electron chi connectivity index (χ3n) is 6.42. The van der Waals surface area contributed by atoms with Gasteiger partial charge in [-0.25, -0.2) is 9.97 Å². The number of methoxy groups -OCH3 is 1. The first-order valence-electron chi connectivity index (χ1n) is 11.1. The summed E-state index contributed by atoms with van der Waals surface area (Å²) in [4.78, 5) is 35.4. The topological polar surface area (TPSA) is 93.6 Å². The third-order valence-corrected chi connectivity index (χ3v) is 6.42. The van der Waals surface area contributed by atoms with Crippen molar-refractivity contribution in [1.29, 1.82) is 0 Å². The molecule has 2 aliphatic rings. The monoisotopic (exact) mass is 438 g/mol. The van der Waals surface area contributed by atoms with E-state index in [0.29, 0.717) is 18.3 Å². The van der Waals surface area contributed by atoms with E-state index in [2.05, 4.69) is 15.3 Å². The second-order valence-electron chi connectivity index (χ2n) is 8.64. The number of amides is 2. The Balaban J connectivity index is 1.28. The molecule has 2 fully saturated rings. The van der Waals surface area contributed by atoms with Crippen molar-refractivity contribution >= 4 is 17.5 Å². The number of benzene rings is 1. The molecule has 1 saturated heterocycles. The molecule has 1 aromatic heterocycles. The van der Waals surface area contributed by atoms with E-state index >= 15 is 0 Å². The second-order valence-corrected chi connectivity index (χ2v) is 8.64. The average molecular weight is 439 g/mol. The summed E-state index contributed by atoms with van der Waals surface area (Å²) in [6, 6.07) is 6.08. The minimum Gasteiger partial charge on any atom is -0.477 e. The van der Waals surface area contributed by atoms with Gasteiger partial charge < -0.3 is 19.7 Å². The number of ether oxygens (including phenoxy) is 2. The van der Waals surface area contributed by atoms with Gasteiger partial charge in [0.2, 0.25) is 11.8 Å². The van der Waals surface area contributed by atoms with Gasteiger partial charge in [0.1, 0.15) is 6.10 Å². The molecule has 1 N–H and O–H groups in total. The predicted octanol–water partition coefficient (Wildman–Crippen LogP) is 2.96. The number of nitrogens with one attached hydrogen (secondary N) is 1. The van der Waals surface area contributed by atoms with Gasteiger partial charge >= 0.3 is 0 Å². The molecule has 1 unspecified atom stereocenters. The van der Waals surface area contributed by atoms with Crippen LogP contribution in [0, 0.1) is 19.8 Å². The number of nitrogens with zero attached hydrogens (tertiary/aromatic N) is 3. The highest BCUT2D eigenvalue weighted by Crippen LogP contribution is 2.29. The highest BCUT2D eigenvalue weighted by atomic mass is 16.5. The number of hydrogen-bond donors (Lipinski definition) is 1. The molecule has 0 bridgehead atoms. The normalized spacial score (nSPS) is 23.2. The summed E-state index contributed by atoms with van der Waals surface area (Å²) in [6.07, 6.45) is 6.67. The minimum absolute atomic E-state index is 0.00318. The van der Waals surface area contributed by atoms with Crippen molar-refractivity contribution in [3.05, 3.63) is 41.7 Å². The first-order valence-corrected chi connectivity index (χ1v) is 11.1. The quantitative estimate of drug-likeness (QED) is 0.745. The van der Waals surface area contributed by atoms with Crippen LogP contribution in [0.3, 0.4) is 0 Å². The maximum absolute atomic E-state index is 12.9. The van der Waals surface area contributed by atoms with Crippen LogP contribution in [0.2, 0.25) is 0 Å². The van der Waals surface area contributed by atoms with Crippen molar-refractivity contribution in [2.75, 3.05) is 18.6 Å². The van der Waals surface area contributed by atoms with Crippen molar-refractivity contribution in [2.24, 2.45) is 5.92 Å². The average Bonchev–Trinajstić information content (AvgIpc) is 3.19. The van der Waals surface area contributed by atoms with Gasteiger partial charge in [-0.15, -0.1) is 0 Å². The van der Waals surface area contributed by atoms with Gasteiger partial charge in [0.15, 0.2) is 0 Å². The van der Waals surface area contributed by atoms with Crippen molar-refractivity contribution in [3.8, 4) is 11.8 Å². The van der Waals surface area contributed by atoms with Crippen LogP contribution in [0.15, 0.2) is 30.6 Å². The van der Waals surface area contributed by atoms with E-state index in [0.717, 1.165) is 36.9 Å². The molecule has 1 aliphatic heterocycles. The first kappa shape index (κ1) is 22.0. The van der Waals surface area contributed by atoms with E-state index in [1.165, 1.54) is 12.7 Å². The Kier molecular flexibility index (Phi) is 6.58. The second kappa shape index (κ2) is 9.54. The summed E-state index contributed by atoms with van der Waals surface area (Å²) in [5.74, 6) is 0.426. The lowest BCUT2D eigenvalue weighted by Crippen LogP contribution is -2.43. The summed E-state index contributed by atoms with van der Waals surface area (Å²) in [5, 5.41) is 3.15. The molecule has 1 atom stereocenters. The molecule has 4 rings (SSSR count). The molecule has 2 heterocycles. The Morgan fingerprint density at radius 3 is 2.47 bits per heavy atom. The van der Waals surface area contributed by atoms with Gasteiger partial charge in [-0.3, -0.25) is 9.59 Å². The number of rotatable bonds is 6. The van der Waals surface area contributed by atoms with Crippen molar-refractivity contribution in [1.82, 2.24) is 15.3 Å². The summed E-state index contributed by atoms with van der Waals surface area (Å²) in [6.45, 7) is 4.51. The van der Waals surface area contributed by atoms with Gasteiger partial charge in [0.05, 0.1) is 13.0 Å². The zero-order valence-corrected chi connectivity index (χ0v) is 18.8. The Morgan fingerprint density at radius 1 is 1.06 bits per heavy atom. The highest BCUT2D eigenvalue weighted by Gasteiger charge is 2.36. The maximum Gasteiger partial charge on any atom is 0.278 e. The molecule has 2 aromatic rings. The molecule has 170 valence electrons. The predicted molar refractivity (Wildman–Crippen MR) is 120 cm³/mol. The van der Waals surface area contributed by atoms with Gasteiger partial charge in [0.25, 0.3) is 11.8 Å². The molecule has 8 nitrogen and oxygen atoms in total. The number of carbonyl (C=O) groups excluding carboxylic acids is 2. The molecule has 32 heavy (non-hydrogen) atoms. The zero-order valence-electron chi connectivity index (χ0n) is 18.8. The molecular weight excluding hydrogens is 408 g/mol. The van der Waals surface area contributed by atoms with E-state index < -0.39 is 0 Å². The summed E-state index contributed by atoms with van der Waals surface area (Å²) in [5.41, 5.74) is 3.19. The standard InChI is InChI=1S/C24H30N4O4/c1-15-4-7-19(12-16(15)2)28-14-17(13-21(28)29)22(30)27-18-5-8-20(9-6-18)32-24-23(31-3)25-10-11-26-24/h4,7,10-12,17-18,20H,5-6,8-9,13-14H2,1-3H3,(H,27,30). The van der Waals surface area contributed by atoms with Gasteiger partial charge in [0, 0.05) is 37.1 Å². The van der Waals surface area contributed by atoms with Crippen LogP contribution in [0.4, 0.5) is 5.69 Å². The molecule has 1 aromatic carbocycles. The van der Waals surface area contributed by atoms with E-state index in [-0.39, 0.29) is 36.3 Å².